The van der Waals surface area contributed by atoms with Gasteiger partial charge < -0.3 is 5.11 Å². The number of aliphatic hydroxyl groups is 1. The number of hydrogen-bond acceptors (Lipinski definition) is 1. The summed E-state index contributed by atoms with van der Waals surface area (Å²) >= 11 is 3.02. The second-order valence-electron chi connectivity index (χ2n) is 2.35. The molecule has 0 aromatic heterocycles. The Hall–Kier alpha value is -0.410. The van der Waals surface area contributed by atoms with E-state index in [4.69, 9.17) is 5.11 Å². The molecule has 0 fully saturated rings. The highest BCUT2D eigenvalue weighted by atomic mass is 79.9. The van der Waals surface area contributed by atoms with Gasteiger partial charge in [0.2, 0.25) is 0 Å². The molecule has 0 aliphatic heterocycles. The molecule has 0 spiro atoms. The standard InChI is InChI=1S/C8H8BrFO/c1-5(11)6-2-3-7(9)8(10)4-6/h2-5,11H,1H3/t5-/m1/s1. The van der Waals surface area contributed by atoms with Crippen molar-refractivity contribution in [3.63, 3.8) is 0 Å². The van der Waals surface area contributed by atoms with Crippen LogP contribution in [0.5, 0.6) is 0 Å². The molecule has 0 aliphatic rings. The Labute approximate surface area is 73.0 Å². The van der Waals surface area contributed by atoms with Crippen LogP contribution in [0.25, 0.3) is 0 Å². The minimum atomic E-state index is -0.613. The molecule has 1 atom stereocenters. The first-order valence-corrected chi connectivity index (χ1v) is 4.03. The smallest absolute Gasteiger partial charge is 0.137 e. The Morgan fingerprint density at radius 2 is 2.18 bits per heavy atom. The largest absolute Gasteiger partial charge is 0.389 e. The van der Waals surface area contributed by atoms with E-state index in [9.17, 15) is 4.39 Å². The van der Waals surface area contributed by atoms with E-state index in [0.29, 0.717) is 10.0 Å². The van der Waals surface area contributed by atoms with E-state index in [1.165, 1.54) is 6.07 Å². The molecule has 0 heterocycles. The second-order valence-corrected chi connectivity index (χ2v) is 3.20. The van der Waals surface area contributed by atoms with Gasteiger partial charge in [-0.1, -0.05) is 6.07 Å². The van der Waals surface area contributed by atoms with E-state index in [1.54, 1.807) is 19.1 Å². The van der Waals surface area contributed by atoms with E-state index in [1.807, 2.05) is 0 Å². The molecule has 1 aromatic rings. The maximum Gasteiger partial charge on any atom is 0.137 e. The summed E-state index contributed by atoms with van der Waals surface area (Å²) in [5, 5.41) is 9.06. The van der Waals surface area contributed by atoms with Crippen LogP contribution < -0.4 is 0 Å². The lowest BCUT2D eigenvalue weighted by Gasteiger charge is -2.04. The van der Waals surface area contributed by atoms with Crippen LogP contribution in [0.3, 0.4) is 0 Å². The van der Waals surface area contributed by atoms with E-state index in [0.717, 1.165) is 0 Å². The molecule has 0 amide bonds. The predicted octanol–water partition coefficient (Wildman–Crippen LogP) is 2.64. The van der Waals surface area contributed by atoms with Crippen molar-refractivity contribution in [1.82, 2.24) is 0 Å². The summed E-state index contributed by atoms with van der Waals surface area (Å²) in [6.45, 7) is 1.60. The molecule has 0 aliphatic carbocycles. The average Bonchev–Trinajstić information content (AvgIpc) is 1.94. The fourth-order valence-electron chi connectivity index (χ4n) is 0.772. The van der Waals surface area contributed by atoms with Crippen LogP contribution in [0.15, 0.2) is 22.7 Å². The topological polar surface area (TPSA) is 20.2 Å². The summed E-state index contributed by atoms with van der Waals surface area (Å²) in [4.78, 5) is 0. The molecule has 0 bridgehead atoms. The van der Waals surface area contributed by atoms with E-state index >= 15 is 0 Å². The molecule has 1 nitrogen and oxygen atoms in total. The van der Waals surface area contributed by atoms with Crippen molar-refractivity contribution in [2.45, 2.75) is 13.0 Å². The van der Waals surface area contributed by atoms with Crippen molar-refractivity contribution < 1.29 is 9.50 Å². The van der Waals surface area contributed by atoms with Crippen LogP contribution in [0.1, 0.15) is 18.6 Å². The van der Waals surface area contributed by atoms with Crippen molar-refractivity contribution in [3.05, 3.63) is 34.1 Å². The van der Waals surface area contributed by atoms with Gasteiger partial charge in [-0.15, -0.1) is 0 Å². The van der Waals surface area contributed by atoms with Crippen molar-refractivity contribution in [2.75, 3.05) is 0 Å². The normalized spacial score (nSPS) is 13.1. The van der Waals surface area contributed by atoms with Crippen molar-refractivity contribution >= 4 is 15.9 Å². The number of halogens is 2. The summed E-state index contributed by atoms with van der Waals surface area (Å²) < 4.78 is 13.2. The van der Waals surface area contributed by atoms with Gasteiger partial charge in [0.1, 0.15) is 5.82 Å². The van der Waals surface area contributed by atoms with Crippen molar-refractivity contribution in [1.29, 1.82) is 0 Å². The van der Waals surface area contributed by atoms with Gasteiger partial charge in [-0.05, 0) is 40.5 Å². The highest BCUT2D eigenvalue weighted by molar-refractivity contribution is 9.10. The first-order valence-electron chi connectivity index (χ1n) is 3.24. The highest BCUT2D eigenvalue weighted by Crippen LogP contribution is 2.19. The van der Waals surface area contributed by atoms with Crippen LogP contribution in [-0.4, -0.2) is 5.11 Å². The van der Waals surface area contributed by atoms with Gasteiger partial charge >= 0.3 is 0 Å². The molecule has 1 aromatic carbocycles. The number of hydrogen-bond donors (Lipinski definition) is 1. The van der Waals surface area contributed by atoms with Crippen LogP contribution in [0, 0.1) is 5.82 Å². The maximum atomic E-state index is 12.8. The SMILES string of the molecule is C[C@@H](O)c1ccc(Br)c(F)c1. The second kappa shape index (κ2) is 3.32. The zero-order valence-electron chi connectivity index (χ0n) is 6.01. The molecule has 1 rings (SSSR count). The van der Waals surface area contributed by atoms with Crippen LogP contribution >= 0.6 is 15.9 Å². The maximum absolute atomic E-state index is 12.8. The minimum absolute atomic E-state index is 0.344. The van der Waals surface area contributed by atoms with Gasteiger partial charge in [-0.3, -0.25) is 0 Å². The monoisotopic (exact) mass is 218 g/mol. The van der Waals surface area contributed by atoms with Crippen LogP contribution in [-0.2, 0) is 0 Å². The van der Waals surface area contributed by atoms with E-state index in [2.05, 4.69) is 15.9 Å². The van der Waals surface area contributed by atoms with Gasteiger partial charge in [0.25, 0.3) is 0 Å². The van der Waals surface area contributed by atoms with Crippen molar-refractivity contribution in [3.8, 4) is 0 Å². The van der Waals surface area contributed by atoms with Crippen LogP contribution in [0.2, 0.25) is 0 Å². The van der Waals surface area contributed by atoms with Crippen LogP contribution in [0.4, 0.5) is 4.39 Å². The van der Waals surface area contributed by atoms with Gasteiger partial charge in [0.15, 0.2) is 0 Å². The molecule has 0 saturated carbocycles. The lowest BCUT2D eigenvalue weighted by atomic mass is 10.1. The predicted molar refractivity (Wildman–Crippen MR) is 44.7 cm³/mol. The van der Waals surface area contributed by atoms with Gasteiger partial charge in [-0.2, -0.15) is 0 Å². The first-order chi connectivity index (χ1) is 5.11. The quantitative estimate of drug-likeness (QED) is 0.769. The number of rotatable bonds is 1. The summed E-state index contributed by atoms with van der Waals surface area (Å²) in [6.07, 6.45) is -0.613. The number of benzene rings is 1. The average molecular weight is 219 g/mol. The Balaban J connectivity index is 3.05. The fraction of sp³-hybridized carbons (Fsp3) is 0.250. The Kier molecular flexibility index (Phi) is 2.62. The third-order valence-corrected chi connectivity index (χ3v) is 2.07. The molecule has 0 unspecified atom stereocenters. The number of aliphatic hydroxyl groups excluding tert-OH is 1. The van der Waals surface area contributed by atoms with Gasteiger partial charge in [-0.25, -0.2) is 4.39 Å². The highest BCUT2D eigenvalue weighted by Gasteiger charge is 2.03. The Morgan fingerprint density at radius 3 is 2.64 bits per heavy atom. The van der Waals surface area contributed by atoms with E-state index in [-0.39, 0.29) is 5.82 Å². The summed E-state index contributed by atoms with van der Waals surface area (Å²) in [7, 11) is 0. The zero-order chi connectivity index (χ0) is 8.43. The summed E-state index contributed by atoms with van der Waals surface area (Å²) in [5.74, 6) is -0.344. The van der Waals surface area contributed by atoms with Gasteiger partial charge in [0, 0.05) is 0 Å². The summed E-state index contributed by atoms with van der Waals surface area (Å²) in [6, 6.07) is 4.57. The third kappa shape index (κ3) is 2.01. The molecular weight excluding hydrogens is 211 g/mol. The molecule has 0 saturated heterocycles. The molecule has 1 N–H and O–H groups in total. The van der Waals surface area contributed by atoms with Crippen molar-refractivity contribution in [2.24, 2.45) is 0 Å². The first kappa shape index (κ1) is 8.68. The Morgan fingerprint density at radius 1 is 1.55 bits per heavy atom. The van der Waals surface area contributed by atoms with Gasteiger partial charge in [0.05, 0.1) is 10.6 Å². The molecular formula is C8H8BrFO. The minimum Gasteiger partial charge on any atom is -0.389 e. The lowest BCUT2D eigenvalue weighted by molar-refractivity contribution is 0.199. The molecule has 3 heteroatoms. The molecule has 60 valence electrons. The Bertz CT molecular complexity index is 260. The fourth-order valence-corrected chi connectivity index (χ4v) is 1.02. The zero-order valence-corrected chi connectivity index (χ0v) is 7.60. The molecule has 0 radical (unpaired) electrons. The molecule has 11 heavy (non-hydrogen) atoms. The summed E-state index contributed by atoms with van der Waals surface area (Å²) in [5.41, 5.74) is 0.589. The lowest BCUT2D eigenvalue weighted by Crippen LogP contribution is -1.91. The third-order valence-electron chi connectivity index (χ3n) is 1.43. The van der Waals surface area contributed by atoms with E-state index < -0.39 is 6.10 Å².